The number of hydrogen-bond acceptors (Lipinski definition) is 2. The van der Waals surface area contributed by atoms with Gasteiger partial charge in [-0.25, -0.2) is 0 Å². The van der Waals surface area contributed by atoms with Gasteiger partial charge in [0, 0.05) is 23.2 Å². The first kappa shape index (κ1) is 12.0. The highest BCUT2D eigenvalue weighted by molar-refractivity contribution is 14.1. The molecule has 0 aromatic carbocycles. The van der Waals surface area contributed by atoms with Crippen LogP contribution in [0.4, 0.5) is 0 Å². The number of alkyl halides is 1. The summed E-state index contributed by atoms with van der Waals surface area (Å²) < 4.78 is 3.21. The first-order chi connectivity index (χ1) is 6.74. The van der Waals surface area contributed by atoms with Gasteiger partial charge in [-0.05, 0) is 32.9 Å². The molecule has 0 spiro atoms. The number of rotatable bonds is 6. The van der Waals surface area contributed by atoms with Gasteiger partial charge in [0.1, 0.15) is 0 Å². The highest BCUT2D eigenvalue weighted by Gasteiger charge is 2.00. The van der Waals surface area contributed by atoms with Gasteiger partial charge >= 0.3 is 0 Å². The van der Waals surface area contributed by atoms with Crippen molar-refractivity contribution >= 4 is 22.6 Å². The van der Waals surface area contributed by atoms with Crippen LogP contribution in [0.15, 0.2) is 12.3 Å². The van der Waals surface area contributed by atoms with Gasteiger partial charge in [-0.2, -0.15) is 5.10 Å². The smallest absolute Gasteiger partial charge is 0.0762 e. The summed E-state index contributed by atoms with van der Waals surface area (Å²) in [5.41, 5.74) is 1.13. The van der Waals surface area contributed by atoms with Gasteiger partial charge < -0.3 is 5.32 Å². The lowest BCUT2D eigenvalue weighted by Crippen LogP contribution is -2.15. The fourth-order valence-electron chi connectivity index (χ4n) is 1.17. The minimum Gasteiger partial charge on any atom is -0.311 e. The molecule has 0 unspecified atom stereocenters. The summed E-state index contributed by atoms with van der Waals surface area (Å²) in [5.74, 6) is 0. The van der Waals surface area contributed by atoms with Crippen molar-refractivity contribution in [3.63, 3.8) is 0 Å². The lowest BCUT2D eigenvalue weighted by atomic mass is 10.4. The van der Waals surface area contributed by atoms with E-state index in [-0.39, 0.29) is 0 Å². The van der Waals surface area contributed by atoms with Crippen LogP contribution in [-0.4, -0.2) is 20.8 Å². The minimum atomic E-state index is 0.457. The number of nitrogens with zero attached hydrogens (tertiary/aromatic N) is 2. The summed E-state index contributed by atoms with van der Waals surface area (Å²) in [6.07, 6.45) is 3.27. The number of hydrogen-bond donors (Lipinski definition) is 1. The van der Waals surface area contributed by atoms with Gasteiger partial charge in [-0.15, -0.1) is 0 Å². The quantitative estimate of drug-likeness (QED) is 0.497. The Morgan fingerprint density at radius 1 is 1.57 bits per heavy atom. The van der Waals surface area contributed by atoms with E-state index in [0.717, 1.165) is 18.8 Å². The van der Waals surface area contributed by atoms with Crippen LogP contribution in [0.2, 0.25) is 0 Å². The lowest BCUT2D eigenvalue weighted by molar-refractivity contribution is 0.521. The zero-order valence-corrected chi connectivity index (χ0v) is 11.0. The maximum Gasteiger partial charge on any atom is 0.0762 e. The molecule has 0 atom stereocenters. The molecule has 0 aliphatic heterocycles. The number of halogens is 1. The van der Waals surface area contributed by atoms with Gasteiger partial charge in [0.25, 0.3) is 0 Å². The molecular weight excluding hydrogens is 289 g/mol. The molecule has 1 aromatic rings. The SMILES string of the molecule is CC(C)n1ccc(CNCCCI)n1. The van der Waals surface area contributed by atoms with Crippen LogP contribution in [0.25, 0.3) is 0 Å². The summed E-state index contributed by atoms with van der Waals surface area (Å²) in [6, 6.07) is 2.54. The first-order valence-corrected chi connectivity index (χ1v) is 6.57. The van der Waals surface area contributed by atoms with Gasteiger partial charge in [0.05, 0.1) is 5.69 Å². The van der Waals surface area contributed by atoms with Gasteiger partial charge in [0.15, 0.2) is 0 Å². The average Bonchev–Trinajstić information content (AvgIpc) is 2.61. The normalized spacial score (nSPS) is 11.1. The van der Waals surface area contributed by atoms with Crippen molar-refractivity contribution in [1.29, 1.82) is 0 Å². The van der Waals surface area contributed by atoms with Crippen LogP contribution < -0.4 is 5.32 Å². The summed E-state index contributed by atoms with van der Waals surface area (Å²) in [4.78, 5) is 0. The van der Waals surface area contributed by atoms with E-state index < -0.39 is 0 Å². The van der Waals surface area contributed by atoms with Crippen LogP contribution in [-0.2, 0) is 6.54 Å². The Hall–Kier alpha value is -0.100. The monoisotopic (exact) mass is 307 g/mol. The third-order valence-corrected chi connectivity index (χ3v) is 2.75. The van der Waals surface area contributed by atoms with E-state index in [1.807, 2.05) is 10.9 Å². The maximum atomic E-state index is 4.46. The van der Waals surface area contributed by atoms with E-state index in [0.29, 0.717) is 6.04 Å². The third kappa shape index (κ3) is 3.96. The van der Waals surface area contributed by atoms with Crippen molar-refractivity contribution in [1.82, 2.24) is 15.1 Å². The second kappa shape index (κ2) is 6.40. The highest BCUT2D eigenvalue weighted by atomic mass is 127. The Morgan fingerprint density at radius 3 is 2.93 bits per heavy atom. The summed E-state index contributed by atoms with van der Waals surface area (Å²) in [5, 5.41) is 7.83. The minimum absolute atomic E-state index is 0.457. The molecule has 14 heavy (non-hydrogen) atoms. The summed E-state index contributed by atoms with van der Waals surface area (Å²) in [6.45, 7) is 6.24. The van der Waals surface area contributed by atoms with E-state index >= 15 is 0 Å². The van der Waals surface area contributed by atoms with E-state index in [9.17, 15) is 0 Å². The topological polar surface area (TPSA) is 29.9 Å². The molecule has 1 heterocycles. The van der Waals surface area contributed by atoms with Crippen LogP contribution in [0.1, 0.15) is 32.0 Å². The van der Waals surface area contributed by atoms with Crippen molar-refractivity contribution < 1.29 is 0 Å². The predicted octanol–water partition coefficient (Wildman–Crippen LogP) is 2.38. The fraction of sp³-hybridized carbons (Fsp3) is 0.700. The molecule has 0 radical (unpaired) electrons. The standard InChI is InChI=1S/C10H18IN3/c1-9(2)14-7-4-10(13-14)8-12-6-3-5-11/h4,7,9,12H,3,5-6,8H2,1-2H3. The fourth-order valence-corrected chi connectivity index (χ4v) is 1.55. The Balaban J connectivity index is 2.29. The van der Waals surface area contributed by atoms with Gasteiger partial charge in [0.2, 0.25) is 0 Å². The van der Waals surface area contributed by atoms with Crippen LogP contribution in [0.5, 0.6) is 0 Å². The molecule has 4 heteroatoms. The first-order valence-electron chi connectivity index (χ1n) is 5.04. The van der Waals surface area contributed by atoms with E-state index in [1.165, 1.54) is 10.8 Å². The van der Waals surface area contributed by atoms with Gasteiger partial charge in [-0.1, -0.05) is 22.6 Å². The van der Waals surface area contributed by atoms with Crippen molar-refractivity contribution in [3.8, 4) is 0 Å². The Kier molecular flexibility index (Phi) is 5.47. The summed E-state index contributed by atoms with van der Waals surface area (Å²) >= 11 is 2.39. The number of aromatic nitrogens is 2. The van der Waals surface area contributed by atoms with Crippen LogP contribution in [0.3, 0.4) is 0 Å². The van der Waals surface area contributed by atoms with Crippen LogP contribution in [0, 0.1) is 0 Å². The second-order valence-electron chi connectivity index (χ2n) is 3.60. The Labute approximate surface area is 99.4 Å². The molecule has 0 aliphatic carbocycles. The van der Waals surface area contributed by atoms with Crippen LogP contribution >= 0.6 is 22.6 Å². The Morgan fingerprint density at radius 2 is 2.36 bits per heavy atom. The molecule has 0 bridgehead atoms. The van der Waals surface area contributed by atoms with E-state index in [2.05, 4.69) is 52.9 Å². The maximum absolute atomic E-state index is 4.46. The molecule has 0 amide bonds. The van der Waals surface area contributed by atoms with Crippen molar-refractivity contribution in [2.75, 3.05) is 11.0 Å². The summed E-state index contributed by atoms with van der Waals surface area (Å²) in [7, 11) is 0. The Bertz CT molecular complexity index is 258. The molecule has 1 aromatic heterocycles. The number of nitrogens with one attached hydrogen (secondary N) is 1. The van der Waals surface area contributed by atoms with Crippen molar-refractivity contribution in [2.45, 2.75) is 32.9 Å². The second-order valence-corrected chi connectivity index (χ2v) is 4.68. The third-order valence-electron chi connectivity index (χ3n) is 1.99. The van der Waals surface area contributed by atoms with Crippen molar-refractivity contribution in [3.05, 3.63) is 18.0 Å². The highest BCUT2D eigenvalue weighted by Crippen LogP contribution is 2.03. The van der Waals surface area contributed by atoms with E-state index in [4.69, 9.17) is 0 Å². The average molecular weight is 307 g/mol. The molecule has 0 fully saturated rings. The largest absolute Gasteiger partial charge is 0.311 e. The molecule has 0 saturated heterocycles. The molecule has 1 rings (SSSR count). The zero-order valence-electron chi connectivity index (χ0n) is 8.83. The molecule has 0 saturated carbocycles. The predicted molar refractivity (Wildman–Crippen MR) is 67.8 cm³/mol. The molecular formula is C10H18IN3. The molecule has 80 valence electrons. The molecule has 1 N–H and O–H groups in total. The zero-order chi connectivity index (χ0) is 10.4. The lowest BCUT2D eigenvalue weighted by Gasteiger charge is -2.04. The van der Waals surface area contributed by atoms with E-state index in [1.54, 1.807) is 0 Å². The molecule has 0 aliphatic rings. The van der Waals surface area contributed by atoms with Crippen molar-refractivity contribution in [2.24, 2.45) is 0 Å². The van der Waals surface area contributed by atoms with Gasteiger partial charge in [-0.3, -0.25) is 4.68 Å². The molecule has 3 nitrogen and oxygen atoms in total.